The molecule has 1 saturated heterocycles. The van der Waals surface area contributed by atoms with Gasteiger partial charge in [0.05, 0.1) is 11.4 Å². The number of piperidine rings is 1. The van der Waals surface area contributed by atoms with Crippen molar-refractivity contribution in [1.82, 2.24) is 10.3 Å². The summed E-state index contributed by atoms with van der Waals surface area (Å²) in [4.78, 5) is 18.9. The molecule has 110 valence electrons. The second-order valence-electron chi connectivity index (χ2n) is 5.71. The molecule has 4 nitrogen and oxygen atoms in total. The number of rotatable bonds is 2. The summed E-state index contributed by atoms with van der Waals surface area (Å²) in [5.41, 5.74) is 2.26. The summed E-state index contributed by atoms with van der Waals surface area (Å²) in [6, 6.07) is 10.3. The van der Waals surface area contributed by atoms with E-state index in [4.69, 9.17) is 4.98 Å². The zero-order chi connectivity index (χ0) is 14.8. The smallest absolute Gasteiger partial charge is 0.224 e. The van der Waals surface area contributed by atoms with Crippen molar-refractivity contribution < 1.29 is 4.79 Å². The van der Waals surface area contributed by atoms with Crippen molar-refractivity contribution >= 4 is 22.6 Å². The highest BCUT2D eigenvalue weighted by molar-refractivity contribution is 5.84. The molecule has 2 heterocycles. The average Bonchev–Trinajstić information content (AvgIpc) is 2.54. The van der Waals surface area contributed by atoms with Gasteiger partial charge in [-0.05, 0) is 37.5 Å². The van der Waals surface area contributed by atoms with Crippen LogP contribution < -0.4 is 10.2 Å². The van der Waals surface area contributed by atoms with Gasteiger partial charge in [-0.25, -0.2) is 4.98 Å². The predicted octanol–water partition coefficient (Wildman–Crippen LogP) is 2.51. The Hall–Kier alpha value is -2.10. The molecule has 0 aliphatic carbocycles. The van der Waals surface area contributed by atoms with Gasteiger partial charge in [0.15, 0.2) is 0 Å². The summed E-state index contributed by atoms with van der Waals surface area (Å²) < 4.78 is 0. The van der Waals surface area contributed by atoms with E-state index in [1.165, 1.54) is 10.9 Å². The first-order valence-corrected chi connectivity index (χ1v) is 7.52. The Labute approximate surface area is 125 Å². The van der Waals surface area contributed by atoms with E-state index in [1.54, 1.807) is 7.05 Å². The van der Waals surface area contributed by atoms with Crippen LogP contribution in [-0.2, 0) is 4.79 Å². The van der Waals surface area contributed by atoms with Crippen molar-refractivity contribution in [1.29, 1.82) is 0 Å². The van der Waals surface area contributed by atoms with Gasteiger partial charge in [0.2, 0.25) is 5.91 Å². The third-order valence-corrected chi connectivity index (χ3v) is 4.27. The third-order valence-electron chi connectivity index (χ3n) is 4.27. The van der Waals surface area contributed by atoms with Crippen LogP contribution in [0.5, 0.6) is 0 Å². The molecule has 21 heavy (non-hydrogen) atoms. The van der Waals surface area contributed by atoms with Crippen molar-refractivity contribution in [3.05, 3.63) is 35.9 Å². The first-order valence-electron chi connectivity index (χ1n) is 7.52. The maximum absolute atomic E-state index is 11.9. The molecule has 1 unspecified atom stereocenters. The quantitative estimate of drug-likeness (QED) is 0.921. The second kappa shape index (κ2) is 5.72. The zero-order valence-electron chi connectivity index (χ0n) is 12.6. The molecule has 1 aliphatic rings. The number of benzene rings is 1. The summed E-state index contributed by atoms with van der Waals surface area (Å²) in [5.74, 6) is 1.19. The van der Waals surface area contributed by atoms with Crippen molar-refractivity contribution in [2.75, 3.05) is 25.0 Å². The van der Waals surface area contributed by atoms with Crippen LogP contribution in [-0.4, -0.2) is 31.0 Å². The molecule has 0 spiro atoms. The van der Waals surface area contributed by atoms with Crippen LogP contribution in [0, 0.1) is 12.8 Å². The molecule has 1 atom stereocenters. The fraction of sp³-hybridized carbons (Fsp3) is 0.412. The van der Waals surface area contributed by atoms with E-state index < -0.39 is 0 Å². The molecule has 0 bridgehead atoms. The van der Waals surface area contributed by atoms with Gasteiger partial charge in [-0.15, -0.1) is 0 Å². The van der Waals surface area contributed by atoms with E-state index in [0.29, 0.717) is 0 Å². The van der Waals surface area contributed by atoms with Crippen LogP contribution in [0.4, 0.5) is 5.82 Å². The third kappa shape index (κ3) is 2.71. The van der Waals surface area contributed by atoms with Gasteiger partial charge in [-0.3, -0.25) is 4.79 Å². The number of aromatic nitrogens is 1. The number of fused-ring (bicyclic) bond motifs is 1. The lowest BCUT2D eigenvalue weighted by Gasteiger charge is -2.33. The normalized spacial score (nSPS) is 18.8. The lowest BCUT2D eigenvalue weighted by Crippen LogP contribution is -2.42. The van der Waals surface area contributed by atoms with Gasteiger partial charge in [-0.1, -0.05) is 18.2 Å². The SMILES string of the molecule is CNC(=O)C1CCCN(c2cc(C)c3ccccc3n2)C1. The largest absolute Gasteiger partial charge is 0.359 e. The van der Waals surface area contributed by atoms with Crippen LogP contribution in [0.15, 0.2) is 30.3 Å². The van der Waals surface area contributed by atoms with Crippen LogP contribution in [0.25, 0.3) is 10.9 Å². The number of nitrogens with zero attached hydrogens (tertiary/aromatic N) is 2. The predicted molar refractivity (Wildman–Crippen MR) is 85.5 cm³/mol. The van der Waals surface area contributed by atoms with E-state index in [-0.39, 0.29) is 11.8 Å². The topological polar surface area (TPSA) is 45.2 Å². The fourth-order valence-electron chi connectivity index (χ4n) is 3.10. The molecule has 4 heteroatoms. The Balaban J connectivity index is 1.91. The summed E-state index contributed by atoms with van der Waals surface area (Å²) in [5, 5.41) is 3.96. The number of hydrogen-bond donors (Lipinski definition) is 1. The highest BCUT2D eigenvalue weighted by Gasteiger charge is 2.26. The van der Waals surface area contributed by atoms with E-state index in [1.807, 2.05) is 18.2 Å². The molecule has 1 aromatic heterocycles. The first kappa shape index (κ1) is 13.9. The van der Waals surface area contributed by atoms with Crippen molar-refractivity contribution in [3.63, 3.8) is 0 Å². The Bertz CT molecular complexity index is 668. The number of nitrogens with one attached hydrogen (secondary N) is 1. The van der Waals surface area contributed by atoms with Gasteiger partial charge in [0, 0.05) is 25.5 Å². The molecule has 3 rings (SSSR count). The summed E-state index contributed by atoms with van der Waals surface area (Å²) in [7, 11) is 1.71. The van der Waals surface area contributed by atoms with Gasteiger partial charge in [-0.2, -0.15) is 0 Å². The maximum atomic E-state index is 11.9. The van der Waals surface area contributed by atoms with Gasteiger partial charge >= 0.3 is 0 Å². The maximum Gasteiger partial charge on any atom is 0.224 e. The van der Waals surface area contributed by atoms with Crippen molar-refractivity contribution in [2.45, 2.75) is 19.8 Å². The van der Waals surface area contributed by atoms with E-state index >= 15 is 0 Å². The molecule has 2 aromatic rings. The van der Waals surface area contributed by atoms with Crippen LogP contribution in [0.2, 0.25) is 0 Å². The van der Waals surface area contributed by atoms with Crippen LogP contribution in [0.3, 0.4) is 0 Å². The number of amides is 1. The Morgan fingerprint density at radius 2 is 2.19 bits per heavy atom. The standard InChI is InChI=1S/C17H21N3O/c1-12-10-16(19-15-8-4-3-7-14(12)15)20-9-5-6-13(11-20)17(21)18-2/h3-4,7-8,10,13H,5-6,9,11H2,1-2H3,(H,18,21). The molecule has 1 N–H and O–H groups in total. The highest BCUT2D eigenvalue weighted by atomic mass is 16.1. The fourth-order valence-corrected chi connectivity index (χ4v) is 3.10. The molecule has 1 fully saturated rings. The average molecular weight is 283 g/mol. The Morgan fingerprint density at radius 1 is 1.38 bits per heavy atom. The molecular formula is C17H21N3O. The lowest BCUT2D eigenvalue weighted by atomic mass is 9.97. The minimum atomic E-state index is 0.0670. The first-order chi connectivity index (χ1) is 10.2. The lowest BCUT2D eigenvalue weighted by molar-refractivity contribution is -0.124. The van der Waals surface area contributed by atoms with Crippen molar-refractivity contribution in [2.24, 2.45) is 5.92 Å². The molecule has 1 aliphatic heterocycles. The number of hydrogen-bond acceptors (Lipinski definition) is 3. The number of aryl methyl sites for hydroxylation is 1. The van der Waals surface area contributed by atoms with E-state index in [0.717, 1.165) is 37.3 Å². The number of pyridine rings is 1. The van der Waals surface area contributed by atoms with Gasteiger partial charge in [0.25, 0.3) is 0 Å². The number of carbonyl (C=O) groups is 1. The minimum Gasteiger partial charge on any atom is -0.359 e. The number of anilines is 1. The second-order valence-corrected chi connectivity index (χ2v) is 5.71. The monoisotopic (exact) mass is 283 g/mol. The molecule has 0 radical (unpaired) electrons. The van der Waals surface area contributed by atoms with E-state index in [2.05, 4.69) is 29.3 Å². The highest BCUT2D eigenvalue weighted by Crippen LogP contribution is 2.26. The Morgan fingerprint density at radius 3 is 3.00 bits per heavy atom. The van der Waals surface area contributed by atoms with Gasteiger partial charge in [0.1, 0.15) is 5.82 Å². The molecule has 1 amide bonds. The van der Waals surface area contributed by atoms with Crippen LogP contribution >= 0.6 is 0 Å². The number of carbonyl (C=O) groups excluding carboxylic acids is 1. The van der Waals surface area contributed by atoms with Crippen molar-refractivity contribution in [3.8, 4) is 0 Å². The van der Waals surface area contributed by atoms with Crippen LogP contribution in [0.1, 0.15) is 18.4 Å². The number of para-hydroxylation sites is 1. The molecule has 0 saturated carbocycles. The minimum absolute atomic E-state index is 0.0670. The molecule has 1 aromatic carbocycles. The van der Waals surface area contributed by atoms with E-state index in [9.17, 15) is 4.79 Å². The summed E-state index contributed by atoms with van der Waals surface area (Å²) in [6.45, 7) is 3.84. The molecular weight excluding hydrogens is 262 g/mol. The summed E-state index contributed by atoms with van der Waals surface area (Å²) in [6.07, 6.45) is 1.99. The summed E-state index contributed by atoms with van der Waals surface area (Å²) >= 11 is 0. The zero-order valence-corrected chi connectivity index (χ0v) is 12.6. The van der Waals surface area contributed by atoms with Gasteiger partial charge < -0.3 is 10.2 Å². The Kier molecular flexibility index (Phi) is 3.78.